The molecule has 23 heavy (non-hydrogen) atoms. The highest BCUT2D eigenvalue weighted by Gasteiger charge is 2.25. The standard InChI is InChI=1S/C16H18N4O2S/c1-12-16(11-19(2)18-12)23(21,22)20(3)10-13-6-7-15-14(9-13)5-4-8-17-15/h4-9,11H,10H2,1-3H3. The first kappa shape index (κ1) is 15.6. The zero-order valence-corrected chi connectivity index (χ0v) is 14.1. The van der Waals surface area contributed by atoms with Crippen LogP contribution in [0.25, 0.3) is 10.9 Å². The van der Waals surface area contributed by atoms with E-state index < -0.39 is 10.0 Å². The van der Waals surface area contributed by atoms with Gasteiger partial charge in [-0.25, -0.2) is 8.42 Å². The maximum atomic E-state index is 12.7. The van der Waals surface area contributed by atoms with Crippen molar-refractivity contribution >= 4 is 20.9 Å². The molecule has 120 valence electrons. The molecule has 2 heterocycles. The van der Waals surface area contributed by atoms with Crippen LogP contribution >= 0.6 is 0 Å². The lowest BCUT2D eigenvalue weighted by Gasteiger charge is -2.17. The molecule has 0 amide bonds. The average molecular weight is 330 g/mol. The van der Waals surface area contributed by atoms with Crippen LogP contribution in [0.2, 0.25) is 0 Å². The summed E-state index contributed by atoms with van der Waals surface area (Å²) >= 11 is 0. The summed E-state index contributed by atoms with van der Waals surface area (Å²) in [6.07, 6.45) is 3.27. The number of hydrogen-bond donors (Lipinski definition) is 0. The average Bonchev–Trinajstić information content (AvgIpc) is 2.86. The lowest BCUT2D eigenvalue weighted by molar-refractivity contribution is 0.466. The van der Waals surface area contributed by atoms with Crippen molar-refractivity contribution in [2.75, 3.05) is 7.05 Å². The summed E-state index contributed by atoms with van der Waals surface area (Å²) < 4.78 is 28.2. The summed E-state index contributed by atoms with van der Waals surface area (Å²) in [7, 11) is -0.277. The van der Waals surface area contributed by atoms with Gasteiger partial charge < -0.3 is 0 Å². The van der Waals surface area contributed by atoms with Gasteiger partial charge in [0, 0.05) is 38.4 Å². The van der Waals surface area contributed by atoms with Crippen molar-refractivity contribution in [3.63, 3.8) is 0 Å². The summed E-state index contributed by atoms with van der Waals surface area (Å²) in [5, 5.41) is 5.10. The first-order chi connectivity index (χ1) is 10.9. The second kappa shape index (κ2) is 5.75. The molecule has 0 fully saturated rings. The minimum atomic E-state index is -3.57. The Kier molecular flexibility index (Phi) is 3.91. The molecule has 0 bridgehead atoms. The molecule has 0 N–H and O–H groups in total. The normalized spacial score (nSPS) is 12.2. The molecule has 3 rings (SSSR count). The molecule has 0 spiro atoms. The quantitative estimate of drug-likeness (QED) is 0.735. The fourth-order valence-electron chi connectivity index (χ4n) is 2.56. The SMILES string of the molecule is Cc1nn(C)cc1S(=O)(=O)N(C)Cc1ccc2ncccc2c1. The molecule has 0 aliphatic rings. The molecule has 0 aliphatic carbocycles. The van der Waals surface area contributed by atoms with Crippen molar-refractivity contribution in [3.05, 3.63) is 54.0 Å². The van der Waals surface area contributed by atoms with Crippen molar-refractivity contribution < 1.29 is 8.42 Å². The fraction of sp³-hybridized carbons (Fsp3) is 0.250. The maximum Gasteiger partial charge on any atom is 0.246 e. The van der Waals surface area contributed by atoms with Crippen LogP contribution in [0, 0.1) is 6.92 Å². The first-order valence-electron chi connectivity index (χ1n) is 7.18. The number of hydrogen-bond acceptors (Lipinski definition) is 4. The van der Waals surface area contributed by atoms with Gasteiger partial charge in [-0.2, -0.15) is 9.40 Å². The Hall–Kier alpha value is -2.25. The highest BCUT2D eigenvalue weighted by molar-refractivity contribution is 7.89. The van der Waals surface area contributed by atoms with Gasteiger partial charge in [-0.05, 0) is 30.7 Å². The Bertz CT molecular complexity index is 963. The van der Waals surface area contributed by atoms with E-state index in [0.717, 1.165) is 16.5 Å². The van der Waals surface area contributed by atoms with Crippen LogP contribution in [0.4, 0.5) is 0 Å². The number of sulfonamides is 1. The number of fused-ring (bicyclic) bond motifs is 1. The Morgan fingerprint density at radius 1 is 1.26 bits per heavy atom. The van der Waals surface area contributed by atoms with Crippen LogP contribution in [0.5, 0.6) is 0 Å². The molecular weight excluding hydrogens is 312 g/mol. The van der Waals surface area contributed by atoms with E-state index in [1.807, 2.05) is 30.3 Å². The topological polar surface area (TPSA) is 68.1 Å². The summed E-state index contributed by atoms with van der Waals surface area (Å²) in [6.45, 7) is 1.99. The number of aromatic nitrogens is 3. The van der Waals surface area contributed by atoms with E-state index in [1.165, 1.54) is 15.2 Å². The molecule has 0 radical (unpaired) electrons. The van der Waals surface area contributed by atoms with Crippen molar-refractivity contribution in [2.24, 2.45) is 7.05 Å². The van der Waals surface area contributed by atoms with E-state index in [1.54, 1.807) is 27.2 Å². The van der Waals surface area contributed by atoms with Crippen molar-refractivity contribution in [3.8, 4) is 0 Å². The Labute approximate surface area is 135 Å². The van der Waals surface area contributed by atoms with Crippen molar-refractivity contribution in [1.29, 1.82) is 0 Å². The van der Waals surface area contributed by atoms with E-state index in [2.05, 4.69) is 10.1 Å². The van der Waals surface area contributed by atoms with E-state index in [4.69, 9.17) is 0 Å². The van der Waals surface area contributed by atoms with Crippen molar-refractivity contribution in [1.82, 2.24) is 19.1 Å². The number of rotatable bonds is 4. The largest absolute Gasteiger partial charge is 0.274 e. The Morgan fingerprint density at radius 2 is 2.04 bits per heavy atom. The van der Waals surface area contributed by atoms with Gasteiger partial charge in [0.1, 0.15) is 4.90 Å². The van der Waals surface area contributed by atoms with E-state index in [9.17, 15) is 8.42 Å². The molecule has 0 unspecified atom stereocenters. The molecule has 0 saturated carbocycles. The number of nitrogens with zero attached hydrogens (tertiary/aromatic N) is 4. The molecular formula is C16H18N4O2S. The predicted octanol–water partition coefficient (Wildman–Crippen LogP) is 2.10. The summed E-state index contributed by atoms with van der Waals surface area (Å²) in [4.78, 5) is 4.51. The molecule has 1 aromatic carbocycles. The first-order valence-corrected chi connectivity index (χ1v) is 8.62. The minimum absolute atomic E-state index is 0.241. The van der Waals surface area contributed by atoms with Gasteiger partial charge >= 0.3 is 0 Å². The number of benzene rings is 1. The van der Waals surface area contributed by atoms with Gasteiger partial charge in [0.25, 0.3) is 0 Å². The molecule has 0 atom stereocenters. The Balaban J connectivity index is 1.90. The van der Waals surface area contributed by atoms with Crippen LogP contribution in [-0.4, -0.2) is 34.5 Å². The van der Waals surface area contributed by atoms with E-state index in [0.29, 0.717) is 12.2 Å². The Morgan fingerprint density at radius 3 is 2.74 bits per heavy atom. The third-order valence-electron chi connectivity index (χ3n) is 3.73. The minimum Gasteiger partial charge on any atom is -0.274 e. The predicted molar refractivity (Wildman–Crippen MR) is 88.3 cm³/mol. The monoisotopic (exact) mass is 330 g/mol. The lowest BCUT2D eigenvalue weighted by atomic mass is 10.1. The van der Waals surface area contributed by atoms with Gasteiger partial charge in [-0.3, -0.25) is 9.67 Å². The smallest absolute Gasteiger partial charge is 0.246 e. The molecule has 0 saturated heterocycles. The van der Waals surface area contributed by atoms with Crippen molar-refractivity contribution in [2.45, 2.75) is 18.4 Å². The maximum absolute atomic E-state index is 12.7. The van der Waals surface area contributed by atoms with Crippen LogP contribution < -0.4 is 0 Å². The van der Waals surface area contributed by atoms with Gasteiger partial charge in [0.15, 0.2) is 0 Å². The summed E-state index contributed by atoms with van der Waals surface area (Å²) in [5.41, 5.74) is 2.31. The van der Waals surface area contributed by atoms with Crippen LogP contribution in [0.15, 0.2) is 47.6 Å². The summed E-state index contributed by atoms with van der Waals surface area (Å²) in [6, 6.07) is 9.60. The van der Waals surface area contributed by atoms with Gasteiger partial charge in [-0.15, -0.1) is 0 Å². The number of aryl methyl sites for hydroxylation is 2. The molecule has 3 aromatic rings. The molecule has 7 heteroatoms. The van der Waals surface area contributed by atoms with Gasteiger partial charge in [0.05, 0.1) is 11.2 Å². The zero-order valence-electron chi connectivity index (χ0n) is 13.3. The van der Waals surface area contributed by atoms with Gasteiger partial charge in [-0.1, -0.05) is 12.1 Å². The lowest BCUT2D eigenvalue weighted by Crippen LogP contribution is -2.26. The van der Waals surface area contributed by atoms with Crippen LogP contribution in [0.3, 0.4) is 0 Å². The van der Waals surface area contributed by atoms with Crippen LogP contribution in [0.1, 0.15) is 11.3 Å². The third-order valence-corrected chi connectivity index (χ3v) is 5.64. The third kappa shape index (κ3) is 2.97. The van der Waals surface area contributed by atoms with Crippen LogP contribution in [-0.2, 0) is 23.6 Å². The highest BCUT2D eigenvalue weighted by Crippen LogP contribution is 2.20. The second-order valence-electron chi connectivity index (χ2n) is 5.54. The summed E-state index contributed by atoms with van der Waals surface area (Å²) in [5.74, 6) is 0. The molecule has 0 aliphatic heterocycles. The molecule has 2 aromatic heterocycles. The number of pyridine rings is 1. The highest BCUT2D eigenvalue weighted by atomic mass is 32.2. The van der Waals surface area contributed by atoms with Gasteiger partial charge in [0.2, 0.25) is 10.0 Å². The molecule has 6 nitrogen and oxygen atoms in total. The zero-order chi connectivity index (χ0) is 16.6. The second-order valence-corrected chi connectivity index (χ2v) is 7.56. The fourth-order valence-corrected chi connectivity index (χ4v) is 3.92. The van der Waals surface area contributed by atoms with E-state index in [-0.39, 0.29) is 4.90 Å². The van der Waals surface area contributed by atoms with E-state index >= 15 is 0 Å².